The maximum absolute atomic E-state index is 12.7. The van der Waals surface area contributed by atoms with Gasteiger partial charge >= 0.3 is 0 Å². The normalized spacial score (nSPS) is 22.2. The van der Waals surface area contributed by atoms with Crippen molar-refractivity contribution in [3.8, 4) is 0 Å². The van der Waals surface area contributed by atoms with Crippen LogP contribution < -0.4 is 0 Å². The minimum Gasteiger partial charge on any atom is -0.343 e. The Morgan fingerprint density at radius 3 is 2.52 bits per heavy atom. The lowest BCUT2D eigenvalue weighted by atomic mass is 9.88. The quantitative estimate of drug-likeness (QED) is 0.842. The van der Waals surface area contributed by atoms with Crippen LogP contribution in [0.1, 0.15) is 61.8 Å². The predicted octanol–water partition coefficient (Wildman–Crippen LogP) is 2.83. The number of nitrogens with zero attached hydrogens (tertiary/aromatic N) is 4. The number of aromatic nitrogens is 2. The molecule has 2 aliphatic rings. The van der Waals surface area contributed by atoms with Gasteiger partial charge < -0.3 is 9.80 Å². The molecule has 0 spiro atoms. The van der Waals surface area contributed by atoms with Crippen LogP contribution in [0.15, 0.2) is 0 Å². The lowest BCUT2D eigenvalue weighted by molar-refractivity contribution is 0.0818. The molecule has 2 heterocycles. The molecule has 0 saturated carbocycles. The van der Waals surface area contributed by atoms with Crippen LogP contribution in [0.3, 0.4) is 0 Å². The van der Waals surface area contributed by atoms with Gasteiger partial charge in [0.2, 0.25) is 0 Å². The van der Waals surface area contributed by atoms with Crippen LogP contribution in [-0.2, 0) is 19.4 Å². The number of piperidine rings is 1. The van der Waals surface area contributed by atoms with E-state index < -0.39 is 0 Å². The molecular weight excluding hydrogens is 312 g/mol. The smallest absolute Gasteiger partial charge is 0.274 e. The minimum atomic E-state index is 0.0478. The number of carbonyl (C=O) groups excluding carboxylic acids is 1. The van der Waals surface area contributed by atoms with Crippen LogP contribution >= 0.6 is 0 Å². The van der Waals surface area contributed by atoms with Crippen LogP contribution in [0.25, 0.3) is 0 Å². The zero-order chi connectivity index (χ0) is 18.1. The summed E-state index contributed by atoms with van der Waals surface area (Å²) in [4.78, 5) is 17.0. The second-order valence-electron chi connectivity index (χ2n) is 8.66. The molecule has 1 atom stereocenters. The number of rotatable bonds is 4. The molecule has 1 fully saturated rings. The van der Waals surface area contributed by atoms with Crippen LogP contribution in [0.4, 0.5) is 0 Å². The van der Waals surface area contributed by atoms with Gasteiger partial charge in [0.25, 0.3) is 5.91 Å². The molecular formula is C20H34N4O. The van der Waals surface area contributed by atoms with Gasteiger partial charge in [-0.15, -0.1) is 0 Å². The monoisotopic (exact) mass is 346 g/mol. The van der Waals surface area contributed by atoms with Gasteiger partial charge in [-0.1, -0.05) is 20.8 Å². The summed E-state index contributed by atoms with van der Waals surface area (Å²) >= 11 is 0. The first-order valence-electron chi connectivity index (χ1n) is 9.91. The molecule has 0 bridgehead atoms. The average Bonchev–Trinajstić information content (AvgIpc) is 2.92. The Hall–Kier alpha value is -1.36. The first kappa shape index (κ1) is 18.4. The van der Waals surface area contributed by atoms with E-state index in [2.05, 4.69) is 30.4 Å². The Labute approximate surface area is 152 Å². The third-order valence-electron chi connectivity index (χ3n) is 5.80. The van der Waals surface area contributed by atoms with Crippen molar-refractivity contribution in [2.45, 2.75) is 65.5 Å². The van der Waals surface area contributed by atoms with Gasteiger partial charge in [0.1, 0.15) is 0 Å². The fourth-order valence-corrected chi connectivity index (χ4v) is 4.26. The Bertz CT molecular complexity index is 611. The fraction of sp³-hybridized carbons (Fsp3) is 0.800. The Morgan fingerprint density at radius 1 is 1.24 bits per heavy atom. The minimum absolute atomic E-state index is 0.0478. The molecule has 140 valence electrons. The highest BCUT2D eigenvalue weighted by atomic mass is 16.2. The van der Waals surface area contributed by atoms with Gasteiger partial charge in [-0.25, -0.2) is 0 Å². The Kier molecular flexibility index (Phi) is 5.52. The van der Waals surface area contributed by atoms with Crippen molar-refractivity contribution in [2.75, 3.05) is 27.2 Å². The maximum atomic E-state index is 12.7. The van der Waals surface area contributed by atoms with Crippen LogP contribution in [0.2, 0.25) is 0 Å². The number of hydrogen-bond acceptors (Lipinski definition) is 3. The topological polar surface area (TPSA) is 41.4 Å². The van der Waals surface area contributed by atoms with Gasteiger partial charge in [-0.3, -0.25) is 9.48 Å². The summed E-state index contributed by atoms with van der Waals surface area (Å²) in [6.07, 6.45) is 5.84. The van der Waals surface area contributed by atoms with Gasteiger partial charge in [0, 0.05) is 37.9 Å². The van der Waals surface area contributed by atoms with Crippen molar-refractivity contribution in [2.24, 2.45) is 11.8 Å². The molecule has 1 aromatic heterocycles. The Balaban J connectivity index is 1.85. The molecule has 1 aromatic rings. The van der Waals surface area contributed by atoms with Gasteiger partial charge in [-0.2, -0.15) is 5.10 Å². The predicted molar refractivity (Wildman–Crippen MR) is 101 cm³/mol. The summed E-state index contributed by atoms with van der Waals surface area (Å²) < 4.78 is 2.12. The average molecular weight is 347 g/mol. The molecule has 0 aromatic carbocycles. The first-order chi connectivity index (χ1) is 11.9. The van der Waals surface area contributed by atoms with Gasteiger partial charge in [0.15, 0.2) is 5.69 Å². The molecule has 1 aliphatic heterocycles. The van der Waals surface area contributed by atoms with Crippen LogP contribution in [-0.4, -0.2) is 58.7 Å². The molecule has 25 heavy (non-hydrogen) atoms. The zero-order valence-corrected chi connectivity index (χ0v) is 16.6. The number of hydrogen-bond donors (Lipinski definition) is 0. The van der Waals surface area contributed by atoms with E-state index in [1.54, 1.807) is 4.90 Å². The first-order valence-corrected chi connectivity index (χ1v) is 9.91. The van der Waals surface area contributed by atoms with E-state index in [9.17, 15) is 4.79 Å². The van der Waals surface area contributed by atoms with Crippen molar-refractivity contribution in [1.29, 1.82) is 0 Å². The third-order valence-corrected chi connectivity index (χ3v) is 5.80. The number of carbonyl (C=O) groups is 1. The van der Waals surface area contributed by atoms with E-state index >= 15 is 0 Å². The van der Waals surface area contributed by atoms with E-state index in [1.165, 1.54) is 43.6 Å². The maximum Gasteiger partial charge on any atom is 0.274 e. The molecule has 1 aliphatic carbocycles. The number of fused-ring (bicyclic) bond motifs is 1. The van der Waals surface area contributed by atoms with Crippen molar-refractivity contribution < 1.29 is 4.79 Å². The lowest BCUT2D eigenvalue weighted by Gasteiger charge is -2.38. The molecule has 5 nitrogen and oxygen atoms in total. The SMILES string of the molecule is CC(C)Cn1nc(C(=O)N(C)C)c2c1CCC(N1CCC(C)CC1)C2. The third kappa shape index (κ3) is 3.91. The fourth-order valence-electron chi connectivity index (χ4n) is 4.26. The molecule has 1 amide bonds. The summed E-state index contributed by atoms with van der Waals surface area (Å²) in [5.41, 5.74) is 3.21. The standard InChI is InChI=1S/C20H34N4O/c1-14(2)13-24-18-7-6-16(23-10-8-15(3)9-11-23)12-17(18)19(21-24)20(25)22(4)5/h14-16H,6-13H2,1-5H3. The summed E-state index contributed by atoms with van der Waals surface area (Å²) in [6, 6.07) is 0.574. The summed E-state index contributed by atoms with van der Waals surface area (Å²) in [6.45, 7) is 10.1. The second kappa shape index (κ2) is 7.48. The van der Waals surface area contributed by atoms with Crippen molar-refractivity contribution in [3.63, 3.8) is 0 Å². The molecule has 3 rings (SSSR count). The van der Waals surface area contributed by atoms with Crippen molar-refractivity contribution in [1.82, 2.24) is 19.6 Å². The highest BCUT2D eigenvalue weighted by molar-refractivity contribution is 5.93. The molecule has 5 heteroatoms. The van der Waals surface area contributed by atoms with Crippen LogP contribution in [0, 0.1) is 11.8 Å². The summed E-state index contributed by atoms with van der Waals surface area (Å²) in [5, 5.41) is 4.75. The van der Waals surface area contributed by atoms with Crippen LogP contribution in [0.5, 0.6) is 0 Å². The van der Waals surface area contributed by atoms with Crippen molar-refractivity contribution >= 4 is 5.91 Å². The molecule has 0 N–H and O–H groups in total. The van der Waals surface area contributed by atoms with E-state index in [0.29, 0.717) is 17.7 Å². The Morgan fingerprint density at radius 2 is 1.92 bits per heavy atom. The van der Waals surface area contributed by atoms with E-state index in [0.717, 1.165) is 25.3 Å². The largest absolute Gasteiger partial charge is 0.343 e. The lowest BCUT2D eigenvalue weighted by Crippen LogP contribution is -2.44. The van der Waals surface area contributed by atoms with Gasteiger partial charge in [-0.05, 0) is 57.0 Å². The van der Waals surface area contributed by atoms with E-state index in [1.807, 2.05) is 14.1 Å². The molecule has 1 saturated heterocycles. The summed E-state index contributed by atoms with van der Waals surface area (Å²) in [7, 11) is 3.64. The number of amides is 1. The van der Waals surface area contributed by atoms with E-state index in [4.69, 9.17) is 5.10 Å². The molecule has 1 unspecified atom stereocenters. The summed E-state index contributed by atoms with van der Waals surface area (Å²) in [5.74, 6) is 1.44. The number of likely N-dealkylation sites (tertiary alicyclic amines) is 1. The highest BCUT2D eigenvalue weighted by Gasteiger charge is 2.33. The van der Waals surface area contributed by atoms with Crippen molar-refractivity contribution in [3.05, 3.63) is 17.0 Å². The highest BCUT2D eigenvalue weighted by Crippen LogP contribution is 2.30. The van der Waals surface area contributed by atoms with E-state index in [-0.39, 0.29) is 5.91 Å². The zero-order valence-electron chi connectivity index (χ0n) is 16.6. The van der Waals surface area contributed by atoms with Gasteiger partial charge in [0.05, 0.1) is 0 Å². The molecule has 0 radical (unpaired) electrons. The second-order valence-corrected chi connectivity index (χ2v) is 8.66.